The molecule has 0 bridgehead atoms. The Kier molecular flexibility index (Phi) is 9.65. The van der Waals surface area contributed by atoms with Gasteiger partial charge in [-0.25, -0.2) is 12.8 Å². The zero-order valence-electron chi connectivity index (χ0n) is 18.2. The molecule has 0 radical (unpaired) electrons. The molecular weight excluding hydrogens is 407 g/mol. The van der Waals surface area contributed by atoms with Gasteiger partial charge in [-0.2, -0.15) is 11.8 Å². The molecule has 2 rings (SSSR count). The van der Waals surface area contributed by atoms with Gasteiger partial charge < -0.3 is 5.73 Å². The normalized spacial score (nSPS) is 11.6. The van der Waals surface area contributed by atoms with Crippen molar-refractivity contribution in [1.29, 1.82) is 0 Å². The van der Waals surface area contributed by atoms with Crippen LogP contribution in [0, 0.1) is 19.7 Å². The Balaban J connectivity index is 0.000000960. The molecule has 29 heavy (non-hydrogen) atoms. The van der Waals surface area contributed by atoms with Gasteiger partial charge in [-0.3, -0.25) is 4.72 Å². The number of anilines is 1. The van der Waals surface area contributed by atoms with E-state index in [0.29, 0.717) is 5.56 Å². The van der Waals surface area contributed by atoms with Crippen molar-refractivity contribution < 1.29 is 12.8 Å². The predicted octanol–water partition coefficient (Wildman–Crippen LogP) is 5.59. The van der Waals surface area contributed by atoms with Crippen LogP contribution in [0.1, 0.15) is 50.3 Å². The van der Waals surface area contributed by atoms with Crippen molar-refractivity contribution in [3.63, 3.8) is 0 Å². The molecule has 2 aromatic carbocycles. The van der Waals surface area contributed by atoms with E-state index in [2.05, 4.69) is 25.5 Å². The van der Waals surface area contributed by atoms with E-state index in [9.17, 15) is 12.8 Å². The standard InChI is InChI=1S/C20H26FNO2S.C2H7NS/c1-6-20(5,7-2)16-11-12-17(21)18(13-16)22-25(23,24)19-10-8-9-14(3)15(19)4;1-4-2-3/h8-13,22H,6-7H2,1-5H3;2-3H2,1H3. The van der Waals surface area contributed by atoms with E-state index in [0.717, 1.165) is 29.8 Å². The third-order valence-corrected chi connectivity index (χ3v) is 7.32. The van der Waals surface area contributed by atoms with Crippen molar-refractivity contribution in [2.75, 3.05) is 16.9 Å². The lowest BCUT2D eigenvalue weighted by atomic mass is 9.78. The van der Waals surface area contributed by atoms with Gasteiger partial charge in [0.15, 0.2) is 0 Å². The van der Waals surface area contributed by atoms with Crippen molar-refractivity contribution in [3.05, 3.63) is 58.9 Å². The summed E-state index contributed by atoms with van der Waals surface area (Å²) >= 11 is 1.63. The van der Waals surface area contributed by atoms with Crippen LogP contribution in [-0.2, 0) is 15.4 Å². The van der Waals surface area contributed by atoms with Crippen LogP contribution in [0.5, 0.6) is 0 Å². The lowest BCUT2D eigenvalue weighted by molar-refractivity contribution is 0.438. The Morgan fingerprint density at radius 3 is 2.24 bits per heavy atom. The van der Waals surface area contributed by atoms with Crippen LogP contribution in [-0.4, -0.2) is 20.6 Å². The van der Waals surface area contributed by atoms with Crippen LogP contribution in [0.15, 0.2) is 41.3 Å². The number of sulfonamides is 1. The summed E-state index contributed by atoms with van der Waals surface area (Å²) in [5.41, 5.74) is 7.34. The third kappa shape index (κ3) is 6.46. The van der Waals surface area contributed by atoms with E-state index in [1.54, 1.807) is 36.9 Å². The monoisotopic (exact) mass is 440 g/mol. The first-order valence-electron chi connectivity index (χ1n) is 9.64. The first-order valence-corrected chi connectivity index (χ1v) is 12.5. The van der Waals surface area contributed by atoms with E-state index < -0.39 is 15.8 Å². The highest BCUT2D eigenvalue weighted by atomic mass is 32.2. The molecule has 0 aliphatic carbocycles. The summed E-state index contributed by atoms with van der Waals surface area (Å²) in [5.74, 6) is 0.159. The molecule has 0 spiro atoms. The molecule has 7 heteroatoms. The summed E-state index contributed by atoms with van der Waals surface area (Å²) in [5, 5.41) is 0. The topological polar surface area (TPSA) is 72.2 Å². The minimum atomic E-state index is -3.85. The molecule has 0 fully saturated rings. The van der Waals surface area contributed by atoms with Gasteiger partial charge in [-0.1, -0.05) is 39.0 Å². The zero-order chi connectivity index (χ0) is 22.2. The van der Waals surface area contributed by atoms with E-state index in [1.807, 2.05) is 19.2 Å². The molecule has 0 aliphatic rings. The molecule has 0 saturated carbocycles. The molecule has 0 aromatic heterocycles. The molecule has 0 amide bonds. The van der Waals surface area contributed by atoms with Crippen LogP contribution >= 0.6 is 11.8 Å². The van der Waals surface area contributed by atoms with E-state index in [1.165, 1.54) is 12.1 Å². The molecule has 0 unspecified atom stereocenters. The number of rotatable bonds is 7. The smallest absolute Gasteiger partial charge is 0.262 e. The minimum absolute atomic E-state index is 0.00784. The lowest BCUT2D eigenvalue weighted by Crippen LogP contribution is -2.21. The van der Waals surface area contributed by atoms with Gasteiger partial charge in [0.05, 0.1) is 10.6 Å². The Labute approximate surface area is 179 Å². The Morgan fingerprint density at radius 1 is 1.14 bits per heavy atom. The highest BCUT2D eigenvalue weighted by Gasteiger charge is 2.25. The highest BCUT2D eigenvalue weighted by molar-refractivity contribution is 7.98. The van der Waals surface area contributed by atoms with Crippen molar-refractivity contribution in [2.24, 2.45) is 5.73 Å². The Morgan fingerprint density at radius 2 is 1.72 bits per heavy atom. The number of aryl methyl sites for hydroxylation is 1. The first kappa shape index (κ1) is 25.5. The fraction of sp³-hybridized carbons (Fsp3) is 0.455. The van der Waals surface area contributed by atoms with Crippen molar-refractivity contribution in [3.8, 4) is 0 Å². The Bertz CT molecular complexity index is 909. The molecule has 0 saturated heterocycles. The SMILES string of the molecule is CCC(C)(CC)c1ccc(F)c(NS(=O)(=O)c2cccc(C)c2C)c1.CSCN. The van der Waals surface area contributed by atoms with Gasteiger partial charge >= 0.3 is 0 Å². The number of halogens is 1. The predicted molar refractivity (Wildman–Crippen MR) is 124 cm³/mol. The van der Waals surface area contributed by atoms with Gasteiger partial charge in [-0.15, -0.1) is 0 Å². The van der Waals surface area contributed by atoms with Crippen molar-refractivity contribution >= 4 is 27.5 Å². The van der Waals surface area contributed by atoms with Crippen LogP contribution in [0.4, 0.5) is 10.1 Å². The van der Waals surface area contributed by atoms with Gasteiger partial charge in [0, 0.05) is 5.88 Å². The quantitative estimate of drug-likeness (QED) is 0.551. The zero-order valence-corrected chi connectivity index (χ0v) is 19.8. The average Bonchev–Trinajstić information content (AvgIpc) is 2.70. The molecule has 2 aromatic rings. The second-order valence-corrected chi connectivity index (χ2v) is 9.78. The van der Waals surface area contributed by atoms with Gasteiger partial charge in [0.2, 0.25) is 0 Å². The van der Waals surface area contributed by atoms with Gasteiger partial charge in [0.25, 0.3) is 10.0 Å². The summed E-state index contributed by atoms with van der Waals surface area (Å²) in [4.78, 5) is 0.172. The maximum Gasteiger partial charge on any atom is 0.262 e. The number of thioether (sulfide) groups is 1. The van der Waals surface area contributed by atoms with Crippen molar-refractivity contribution in [1.82, 2.24) is 0 Å². The first-order chi connectivity index (χ1) is 13.6. The minimum Gasteiger partial charge on any atom is -0.322 e. The number of hydrogen-bond acceptors (Lipinski definition) is 4. The summed E-state index contributed by atoms with van der Waals surface area (Å²) in [6.07, 6.45) is 3.75. The molecule has 0 aliphatic heterocycles. The summed E-state index contributed by atoms with van der Waals surface area (Å²) in [6.45, 7) is 9.86. The molecular formula is C22H33FN2O2S2. The van der Waals surface area contributed by atoms with Crippen molar-refractivity contribution in [2.45, 2.75) is 57.8 Å². The second kappa shape index (κ2) is 11.0. The molecule has 3 N–H and O–H groups in total. The van der Waals surface area contributed by atoms with Crippen LogP contribution in [0.25, 0.3) is 0 Å². The summed E-state index contributed by atoms with van der Waals surface area (Å²) in [7, 11) is -3.85. The molecule has 162 valence electrons. The largest absolute Gasteiger partial charge is 0.322 e. The fourth-order valence-electron chi connectivity index (χ4n) is 2.85. The lowest BCUT2D eigenvalue weighted by Gasteiger charge is -2.28. The number of hydrogen-bond donors (Lipinski definition) is 2. The van der Waals surface area contributed by atoms with Crippen LogP contribution < -0.4 is 10.5 Å². The van der Waals surface area contributed by atoms with E-state index >= 15 is 0 Å². The molecule has 0 atom stereocenters. The molecule has 4 nitrogen and oxygen atoms in total. The summed E-state index contributed by atoms with van der Waals surface area (Å²) in [6, 6.07) is 9.76. The Hall–Kier alpha value is -1.57. The van der Waals surface area contributed by atoms with Gasteiger partial charge in [-0.05, 0) is 73.2 Å². The highest BCUT2D eigenvalue weighted by Crippen LogP contribution is 2.34. The fourth-order valence-corrected chi connectivity index (χ4v) is 4.23. The summed E-state index contributed by atoms with van der Waals surface area (Å²) < 4.78 is 42.2. The molecule has 0 heterocycles. The maximum atomic E-state index is 14.3. The number of nitrogens with two attached hydrogens (primary N) is 1. The van der Waals surface area contributed by atoms with Gasteiger partial charge in [0.1, 0.15) is 5.82 Å². The van der Waals surface area contributed by atoms with E-state index in [-0.39, 0.29) is 16.0 Å². The van der Waals surface area contributed by atoms with E-state index in [4.69, 9.17) is 5.73 Å². The van der Waals surface area contributed by atoms with Crippen LogP contribution in [0.2, 0.25) is 0 Å². The average molecular weight is 441 g/mol. The number of benzene rings is 2. The second-order valence-electron chi connectivity index (χ2n) is 7.22. The van der Waals surface area contributed by atoms with Crippen LogP contribution in [0.3, 0.4) is 0 Å². The maximum absolute atomic E-state index is 14.3. The number of nitrogens with one attached hydrogen (secondary N) is 1. The third-order valence-electron chi connectivity index (χ3n) is 5.48.